The molecule has 2 aromatic rings. The number of piperidine rings is 1. The van der Waals surface area contributed by atoms with Crippen LogP contribution in [0.5, 0.6) is 0 Å². The zero-order valence-electron chi connectivity index (χ0n) is 12.3. The summed E-state index contributed by atoms with van der Waals surface area (Å²) in [5.41, 5.74) is 0.398. The molecule has 3 rings (SSSR count). The topological polar surface area (TPSA) is 96.8 Å². The van der Waals surface area contributed by atoms with Gasteiger partial charge in [-0.3, -0.25) is 9.78 Å². The van der Waals surface area contributed by atoms with Crippen molar-refractivity contribution in [2.45, 2.75) is 37.1 Å². The van der Waals surface area contributed by atoms with E-state index in [4.69, 9.17) is 11.6 Å². The van der Waals surface area contributed by atoms with Crippen molar-refractivity contribution in [2.24, 2.45) is 7.05 Å². The van der Waals surface area contributed by atoms with E-state index in [0.29, 0.717) is 24.5 Å². The van der Waals surface area contributed by atoms with E-state index in [2.05, 4.69) is 20.3 Å². The van der Waals surface area contributed by atoms with Crippen molar-refractivity contribution in [3.05, 3.63) is 23.0 Å². The summed E-state index contributed by atoms with van der Waals surface area (Å²) in [4.78, 5) is 4.19. The molecule has 0 amide bonds. The van der Waals surface area contributed by atoms with Gasteiger partial charge in [-0.05, 0) is 19.8 Å². The van der Waals surface area contributed by atoms with Gasteiger partial charge in [-0.2, -0.15) is 14.5 Å². The van der Waals surface area contributed by atoms with Crippen LogP contribution in [0.2, 0.25) is 5.15 Å². The van der Waals surface area contributed by atoms with Gasteiger partial charge in [-0.1, -0.05) is 18.0 Å². The van der Waals surface area contributed by atoms with E-state index in [1.165, 1.54) is 15.3 Å². The maximum Gasteiger partial charge on any atom is 0.248 e. The summed E-state index contributed by atoms with van der Waals surface area (Å²) < 4.78 is 29.0. The first-order chi connectivity index (χ1) is 10.4. The number of H-pyrrole nitrogens is 1. The highest BCUT2D eigenvalue weighted by molar-refractivity contribution is 7.89. The van der Waals surface area contributed by atoms with Crippen molar-refractivity contribution >= 4 is 21.6 Å². The van der Waals surface area contributed by atoms with Crippen LogP contribution >= 0.6 is 11.6 Å². The van der Waals surface area contributed by atoms with Gasteiger partial charge in [-0.15, -0.1) is 0 Å². The minimum absolute atomic E-state index is 0.0723. The van der Waals surface area contributed by atoms with Crippen LogP contribution in [0.25, 0.3) is 0 Å². The van der Waals surface area contributed by atoms with Gasteiger partial charge in [0.2, 0.25) is 10.0 Å². The van der Waals surface area contributed by atoms with Gasteiger partial charge in [0, 0.05) is 13.6 Å². The van der Waals surface area contributed by atoms with Gasteiger partial charge in [0.15, 0.2) is 0 Å². The number of aromatic nitrogens is 5. The van der Waals surface area contributed by atoms with E-state index in [-0.39, 0.29) is 16.1 Å². The SMILES string of the molecule is Cc1nn(C)c(Cl)c1S(=O)(=O)N1CCCC[C@@H]1c1ncn[nH]1. The van der Waals surface area contributed by atoms with Crippen molar-refractivity contribution in [3.63, 3.8) is 0 Å². The molecular formula is C12H17ClN6O2S. The first kappa shape index (κ1) is 15.4. The molecule has 1 saturated heterocycles. The van der Waals surface area contributed by atoms with Crippen LogP contribution in [-0.4, -0.2) is 44.2 Å². The van der Waals surface area contributed by atoms with Gasteiger partial charge in [0.05, 0.1) is 11.7 Å². The number of aryl methyl sites for hydroxylation is 2. The van der Waals surface area contributed by atoms with E-state index in [1.54, 1.807) is 14.0 Å². The fraction of sp³-hybridized carbons (Fsp3) is 0.583. The van der Waals surface area contributed by atoms with Crippen LogP contribution in [0.3, 0.4) is 0 Å². The van der Waals surface area contributed by atoms with E-state index in [1.807, 2.05) is 0 Å². The molecule has 0 aromatic carbocycles. The molecule has 1 fully saturated rings. The summed E-state index contributed by atoms with van der Waals surface area (Å²) >= 11 is 6.15. The summed E-state index contributed by atoms with van der Waals surface area (Å²) in [5.74, 6) is 0.556. The van der Waals surface area contributed by atoms with Crippen LogP contribution < -0.4 is 0 Å². The van der Waals surface area contributed by atoms with Crippen molar-refractivity contribution in [1.82, 2.24) is 29.3 Å². The highest BCUT2D eigenvalue weighted by Crippen LogP contribution is 2.36. The Hall–Kier alpha value is -1.45. The number of nitrogens with one attached hydrogen (secondary N) is 1. The minimum Gasteiger partial charge on any atom is -0.262 e. The molecule has 2 aromatic heterocycles. The van der Waals surface area contributed by atoms with E-state index < -0.39 is 10.0 Å². The van der Waals surface area contributed by atoms with Crippen molar-refractivity contribution in [3.8, 4) is 0 Å². The largest absolute Gasteiger partial charge is 0.262 e. The Bertz CT molecular complexity index is 770. The van der Waals surface area contributed by atoms with Gasteiger partial charge in [0.1, 0.15) is 22.2 Å². The molecule has 1 N–H and O–H groups in total. The summed E-state index contributed by atoms with van der Waals surface area (Å²) in [5, 5.41) is 10.8. The third kappa shape index (κ3) is 2.42. The molecule has 120 valence electrons. The Kier molecular flexibility index (Phi) is 3.96. The van der Waals surface area contributed by atoms with Crippen molar-refractivity contribution < 1.29 is 8.42 Å². The lowest BCUT2D eigenvalue weighted by molar-refractivity contribution is 0.247. The van der Waals surface area contributed by atoms with Gasteiger partial charge >= 0.3 is 0 Å². The predicted molar refractivity (Wildman–Crippen MR) is 79.8 cm³/mol. The monoisotopic (exact) mass is 344 g/mol. The standard InChI is InChI=1S/C12H17ClN6O2S/c1-8-10(11(13)18(2)17-8)22(20,21)19-6-4-3-5-9(19)12-14-7-15-16-12/h7,9H,3-6H2,1-2H3,(H,14,15,16)/t9-/m1/s1. The highest BCUT2D eigenvalue weighted by Gasteiger charge is 2.39. The first-order valence-corrected chi connectivity index (χ1v) is 8.81. The number of sulfonamides is 1. The fourth-order valence-corrected chi connectivity index (χ4v) is 5.23. The fourth-order valence-electron chi connectivity index (χ4n) is 2.86. The summed E-state index contributed by atoms with van der Waals surface area (Å²) in [6, 6.07) is -0.350. The molecule has 10 heteroatoms. The zero-order valence-corrected chi connectivity index (χ0v) is 13.9. The number of aromatic amines is 1. The Morgan fingerprint density at radius 2 is 2.18 bits per heavy atom. The molecule has 0 saturated carbocycles. The van der Waals surface area contributed by atoms with Gasteiger partial charge < -0.3 is 0 Å². The smallest absolute Gasteiger partial charge is 0.248 e. The molecule has 1 atom stereocenters. The maximum atomic E-state index is 13.1. The summed E-state index contributed by atoms with van der Waals surface area (Å²) in [7, 11) is -2.12. The molecular weight excluding hydrogens is 328 g/mol. The van der Waals surface area contributed by atoms with Crippen LogP contribution in [-0.2, 0) is 17.1 Å². The maximum absolute atomic E-state index is 13.1. The van der Waals surface area contributed by atoms with Crippen LogP contribution in [0.4, 0.5) is 0 Å². The Morgan fingerprint density at radius 1 is 1.41 bits per heavy atom. The lowest BCUT2D eigenvalue weighted by Gasteiger charge is -2.33. The van der Waals surface area contributed by atoms with Crippen LogP contribution in [0.1, 0.15) is 36.8 Å². The van der Waals surface area contributed by atoms with Gasteiger partial charge in [0.25, 0.3) is 0 Å². The Morgan fingerprint density at radius 3 is 2.77 bits per heavy atom. The first-order valence-electron chi connectivity index (χ1n) is 6.99. The zero-order chi connectivity index (χ0) is 15.9. The average molecular weight is 345 g/mol. The molecule has 3 heterocycles. The second-order valence-electron chi connectivity index (χ2n) is 5.33. The average Bonchev–Trinajstić information content (AvgIpc) is 3.08. The molecule has 0 bridgehead atoms. The number of rotatable bonds is 3. The second-order valence-corrected chi connectivity index (χ2v) is 7.51. The third-order valence-electron chi connectivity index (χ3n) is 3.87. The molecule has 0 spiro atoms. The van der Waals surface area contributed by atoms with Crippen LogP contribution in [0.15, 0.2) is 11.2 Å². The number of hydrogen-bond acceptors (Lipinski definition) is 5. The van der Waals surface area contributed by atoms with Crippen molar-refractivity contribution in [2.75, 3.05) is 6.54 Å². The Labute approximate surface area is 133 Å². The summed E-state index contributed by atoms with van der Waals surface area (Å²) in [6.07, 6.45) is 3.83. The van der Waals surface area contributed by atoms with E-state index >= 15 is 0 Å². The molecule has 1 aliphatic heterocycles. The quantitative estimate of drug-likeness (QED) is 0.908. The number of halogens is 1. The molecule has 22 heavy (non-hydrogen) atoms. The van der Waals surface area contributed by atoms with Crippen LogP contribution in [0, 0.1) is 6.92 Å². The molecule has 0 unspecified atom stereocenters. The molecule has 0 aliphatic carbocycles. The second kappa shape index (κ2) is 5.64. The normalized spacial score (nSPS) is 20.4. The Balaban J connectivity index is 2.06. The van der Waals surface area contributed by atoms with E-state index in [9.17, 15) is 8.42 Å². The lowest BCUT2D eigenvalue weighted by atomic mass is 10.0. The minimum atomic E-state index is -3.75. The summed E-state index contributed by atoms with van der Waals surface area (Å²) in [6.45, 7) is 2.07. The molecule has 0 radical (unpaired) electrons. The van der Waals surface area contributed by atoms with Gasteiger partial charge in [-0.25, -0.2) is 13.4 Å². The highest BCUT2D eigenvalue weighted by atomic mass is 35.5. The third-order valence-corrected chi connectivity index (χ3v) is 6.47. The number of hydrogen-bond donors (Lipinski definition) is 1. The molecule has 1 aliphatic rings. The predicted octanol–water partition coefficient (Wildman–Crippen LogP) is 1.42. The lowest BCUT2D eigenvalue weighted by Crippen LogP contribution is -2.39. The molecule has 8 nitrogen and oxygen atoms in total. The van der Waals surface area contributed by atoms with E-state index in [0.717, 1.165) is 12.8 Å². The number of nitrogens with zero attached hydrogens (tertiary/aromatic N) is 5. The van der Waals surface area contributed by atoms with Crippen molar-refractivity contribution in [1.29, 1.82) is 0 Å².